The summed E-state index contributed by atoms with van der Waals surface area (Å²) in [5.74, 6) is -0.208. The lowest BCUT2D eigenvalue weighted by Gasteiger charge is -2.33. The standard InChI is InChI=1S/C20H17ClF3N5O2/c1-31-13-6-4-11(5-7-13)14-9-15(20(22,23)24)29-18(27-14)16(21)17(28-29)19(30)26-12-3-2-8-25-10-12/h2-8,10,14-15,27H,9H2,1H3,(H,26,30)/t14-,15+/m0/s1. The van der Waals surface area contributed by atoms with Crippen molar-refractivity contribution in [1.82, 2.24) is 14.8 Å². The Bertz CT molecular complexity index is 1090. The van der Waals surface area contributed by atoms with Crippen LogP contribution in [-0.4, -0.2) is 34.0 Å². The van der Waals surface area contributed by atoms with Crippen molar-refractivity contribution in [3.63, 3.8) is 0 Å². The van der Waals surface area contributed by atoms with Crippen LogP contribution in [0.25, 0.3) is 0 Å². The first-order valence-corrected chi connectivity index (χ1v) is 9.62. The highest BCUT2D eigenvalue weighted by Gasteiger charge is 2.47. The van der Waals surface area contributed by atoms with Gasteiger partial charge in [0.2, 0.25) is 0 Å². The highest BCUT2D eigenvalue weighted by Crippen LogP contribution is 2.46. The third-order valence-corrected chi connectivity index (χ3v) is 5.31. The van der Waals surface area contributed by atoms with Gasteiger partial charge >= 0.3 is 6.18 Å². The SMILES string of the molecule is COc1ccc([C@@H]2C[C@H](C(F)(F)F)n3nc(C(=O)Nc4cccnc4)c(Cl)c3N2)cc1. The predicted molar refractivity (Wildman–Crippen MR) is 108 cm³/mol. The molecule has 1 aliphatic rings. The normalized spacial score (nSPS) is 18.1. The third-order valence-electron chi connectivity index (χ3n) is 4.95. The smallest absolute Gasteiger partial charge is 0.410 e. The second-order valence-corrected chi connectivity index (χ2v) is 7.29. The molecule has 3 heterocycles. The maximum atomic E-state index is 13.9. The number of fused-ring (bicyclic) bond motifs is 1. The van der Waals surface area contributed by atoms with E-state index in [-0.39, 0.29) is 23.0 Å². The van der Waals surface area contributed by atoms with Crippen LogP contribution >= 0.6 is 11.6 Å². The van der Waals surface area contributed by atoms with E-state index in [4.69, 9.17) is 16.3 Å². The monoisotopic (exact) mass is 451 g/mol. The van der Waals surface area contributed by atoms with E-state index in [0.29, 0.717) is 17.0 Å². The average molecular weight is 452 g/mol. The number of rotatable bonds is 4. The van der Waals surface area contributed by atoms with E-state index < -0.39 is 24.2 Å². The largest absolute Gasteiger partial charge is 0.497 e. The lowest BCUT2D eigenvalue weighted by molar-refractivity contribution is -0.173. The number of alkyl halides is 3. The van der Waals surface area contributed by atoms with Gasteiger partial charge in [-0.1, -0.05) is 23.7 Å². The Morgan fingerprint density at radius 2 is 2.03 bits per heavy atom. The number of ether oxygens (including phenoxy) is 1. The maximum Gasteiger partial charge on any atom is 0.410 e. The van der Waals surface area contributed by atoms with Crippen LogP contribution < -0.4 is 15.4 Å². The summed E-state index contributed by atoms with van der Waals surface area (Å²) in [7, 11) is 1.50. The first kappa shape index (κ1) is 21.0. The van der Waals surface area contributed by atoms with Crippen molar-refractivity contribution < 1.29 is 22.7 Å². The Morgan fingerprint density at radius 1 is 1.29 bits per heavy atom. The molecule has 2 N–H and O–H groups in total. The Kier molecular flexibility index (Phi) is 5.48. The van der Waals surface area contributed by atoms with E-state index in [0.717, 1.165) is 4.68 Å². The van der Waals surface area contributed by atoms with E-state index in [1.165, 1.54) is 19.5 Å². The molecule has 0 radical (unpaired) electrons. The molecule has 0 saturated carbocycles. The predicted octanol–water partition coefficient (Wildman–Crippen LogP) is 4.85. The van der Waals surface area contributed by atoms with Crippen molar-refractivity contribution in [3.8, 4) is 5.75 Å². The molecule has 11 heteroatoms. The van der Waals surface area contributed by atoms with Crippen LogP contribution in [0.15, 0.2) is 48.8 Å². The average Bonchev–Trinajstić information content (AvgIpc) is 3.10. The van der Waals surface area contributed by atoms with Gasteiger partial charge in [-0.15, -0.1) is 0 Å². The number of amides is 1. The highest BCUT2D eigenvalue weighted by atomic mass is 35.5. The lowest BCUT2D eigenvalue weighted by atomic mass is 9.97. The van der Waals surface area contributed by atoms with Crippen molar-refractivity contribution >= 4 is 29.0 Å². The van der Waals surface area contributed by atoms with Crippen LogP contribution in [0.1, 0.15) is 34.6 Å². The number of methoxy groups -OCH3 is 1. The van der Waals surface area contributed by atoms with E-state index in [2.05, 4.69) is 20.7 Å². The molecule has 4 rings (SSSR count). The summed E-state index contributed by atoms with van der Waals surface area (Å²) in [4.78, 5) is 16.5. The molecule has 3 aromatic rings. The number of nitrogens with one attached hydrogen (secondary N) is 2. The first-order chi connectivity index (χ1) is 14.8. The Hall–Kier alpha value is -3.27. The van der Waals surface area contributed by atoms with Gasteiger partial charge in [-0.2, -0.15) is 18.3 Å². The maximum absolute atomic E-state index is 13.9. The summed E-state index contributed by atoms with van der Waals surface area (Å²) < 4.78 is 47.4. The molecule has 0 saturated heterocycles. The van der Waals surface area contributed by atoms with Gasteiger partial charge < -0.3 is 15.4 Å². The summed E-state index contributed by atoms with van der Waals surface area (Å²) in [6, 6.07) is 7.25. The van der Waals surface area contributed by atoms with E-state index >= 15 is 0 Å². The third kappa shape index (κ3) is 4.15. The number of hydrogen-bond donors (Lipinski definition) is 2. The summed E-state index contributed by atoms with van der Waals surface area (Å²) >= 11 is 6.31. The Labute approximate surface area is 180 Å². The highest BCUT2D eigenvalue weighted by molar-refractivity contribution is 6.36. The minimum atomic E-state index is -4.59. The molecule has 0 fully saturated rings. The number of carbonyl (C=O) groups is 1. The van der Waals surface area contributed by atoms with Gasteiger partial charge in [-0.3, -0.25) is 9.78 Å². The topological polar surface area (TPSA) is 81.1 Å². The summed E-state index contributed by atoms with van der Waals surface area (Å²) in [6.45, 7) is 0. The number of pyridine rings is 1. The van der Waals surface area contributed by atoms with Crippen LogP contribution in [0.3, 0.4) is 0 Å². The van der Waals surface area contributed by atoms with Crippen LogP contribution in [0.5, 0.6) is 5.75 Å². The molecular formula is C20H17ClF3N5O2. The molecule has 162 valence electrons. The van der Waals surface area contributed by atoms with Crippen molar-refractivity contribution in [3.05, 3.63) is 65.1 Å². The zero-order valence-electron chi connectivity index (χ0n) is 16.2. The van der Waals surface area contributed by atoms with Gasteiger partial charge in [-0.05, 0) is 29.8 Å². The fourth-order valence-electron chi connectivity index (χ4n) is 3.42. The number of hydrogen-bond acceptors (Lipinski definition) is 5. The van der Waals surface area contributed by atoms with Gasteiger partial charge in [-0.25, -0.2) is 4.68 Å². The van der Waals surface area contributed by atoms with Crippen LogP contribution in [-0.2, 0) is 0 Å². The number of anilines is 2. The summed E-state index contributed by atoms with van der Waals surface area (Å²) in [6.07, 6.45) is -1.98. The molecule has 1 amide bonds. The van der Waals surface area contributed by atoms with Crippen LogP contribution in [0.4, 0.5) is 24.7 Å². The quantitative estimate of drug-likeness (QED) is 0.592. The van der Waals surface area contributed by atoms with Crippen LogP contribution in [0.2, 0.25) is 5.02 Å². The minimum absolute atomic E-state index is 0.0626. The van der Waals surface area contributed by atoms with Gasteiger partial charge in [0, 0.05) is 12.6 Å². The van der Waals surface area contributed by atoms with Crippen molar-refractivity contribution in [2.45, 2.75) is 24.7 Å². The van der Waals surface area contributed by atoms with Crippen molar-refractivity contribution in [2.24, 2.45) is 0 Å². The molecule has 0 unspecified atom stereocenters. The molecule has 2 aromatic heterocycles. The summed E-state index contributed by atoms with van der Waals surface area (Å²) in [5, 5.41) is 9.24. The fraction of sp³-hybridized carbons (Fsp3) is 0.250. The molecule has 2 atom stereocenters. The first-order valence-electron chi connectivity index (χ1n) is 9.24. The molecular weight excluding hydrogens is 435 g/mol. The van der Waals surface area contributed by atoms with Crippen molar-refractivity contribution in [2.75, 3.05) is 17.7 Å². The summed E-state index contributed by atoms with van der Waals surface area (Å²) in [5.41, 5.74) is 0.684. The number of nitrogens with zero attached hydrogens (tertiary/aromatic N) is 3. The molecule has 7 nitrogen and oxygen atoms in total. The molecule has 0 spiro atoms. The molecule has 31 heavy (non-hydrogen) atoms. The van der Waals surface area contributed by atoms with E-state index in [1.807, 2.05) is 0 Å². The number of aromatic nitrogens is 3. The van der Waals surface area contributed by atoms with Gasteiger partial charge in [0.05, 0.1) is 25.0 Å². The van der Waals surface area contributed by atoms with Gasteiger partial charge in [0.25, 0.3) is 5.91 Å². The Balaban J connectivity index is 1.69. The van der Waals surface area contributed by atoms with Gasteiger partial charge in [0.1, 0.15) is 16.6 Å². The van der Waals surface area contributed by atoms with Crippen molar-refractivity contribution in [1.29, 1.82) is 0 Å². The number of carbonyl (C=O) groups excluding carboxylic acids is 1. The number of benzene rings is 1. The van der Waals surface area contributed by atoms with E-state index in [1.54, 1.807) is 36.4 Å². The lowest BCUT2D eigenvalue weighted by Crippen LogP contribution is -2.35. The zero-order chi connectivity index (χ0) is 22.2. The second-order valence-electron chi connectivity index (χ2n) is 6.91. The zero-order valence-corrected chi connectivity index (χ0v) is 16.9. The molecule has 1 aromatic carbocycles. The fourth-order valence-corrected chi connectivity index (χ4v) is 3.68. The Morgan fingerprint density at radius 3 is 2.65 bits per heavy atom. The second kappa shape index (κ2) is 8.10. The molecule has 0 bridgehead atoms. The minimum Gasteiger partial charge on any atom is -0.497 e. The molecule has 0 aliphatic carbocycles. The van der Waals surface area contributed by atoms with Crippen LogP contribution in [0, 0.1) is 0 Å². The van der Waals surface area contributed by atoms with Gasteiger partial charge in [0.15, 0.2) is 11.7 Å². The number of halogens is 4. The van der Waals surface area contributed by atoms with E-state index in [9.17, 15) is 18.0 Å². The molecule has 1 aliphatic heterocycles.